The van der Waals surface area contributed by atoms with Crippen LogP contribution in [0.4, 0.5) is 0 Å². The fraction of sp³-hybridized carbons (Fsp3) is 0.200. The van der Waals surface area contributed by atoms with Crippen molar-refractivity contribution >= 4 is 12.4 Å². The molecule has 0 aromatic carbocycles. The molecule has 0 saturated carbocycles. The number of hydrazone groups is 2. The second-order valence-corrected chi connectivity index (χ2v) is 2.45. The number of hydrogen-bond donors (Lipinski definition) is 2. The van der Waals surface area contributed by atoms with Crippen molar-refractivity contribution in [1.29, 1.82) is 0 Å². The van der Waals surface area contributed by atoms with Crippen molar-refractivity contribution in [2.45, 2.75) is 0 Å². The van der Waals surface area contributed by atoms with Gasteiger partial charge in [0.1, 0.15) is 0 Å². The topological polar surface area (TPSA) is 48.8 Å². The van der Waals surface area contributed by atoms with Crippen LogP contribution >= 0.6 is 0 Å². The van der Waals surface area contributed by atoms with Crippen molar-refractivity contribution in [1.82, 2.24) is 10.9 Å². The second-order valence-electron chi connectivity index (χ2n) is 2.45. The zero-order chi connectivity index (χ0) is 10.8. The molecule has 2 N–H and O–H groups in total. The Morgan fingerprint density at radius 3 is 1.57 bits per heavy atom. The zero-order valence-corrected chi connectivity index (χ0v) is 8.62. The molecule has 0 spiro atoms. The van der Waals surface area contributed by atoms with Gasteiger partial charge in [-0.05, 0) is 11.1 Å². The maximum Gasteiger partial charge on any atom is 0.0534 e. The van der Waals surface area contributed by atoms with Crippen LogP contribution in [-0.2, 0) is 0 Å². The Morgan fingerprint density at radius 2 is 1.29 bits per heavy atom. The fourth-order valence-electron chi connectivity index (χ4n) is 0.595. The molecule has 0 atom stereocenters. The zero-order valence-electron chi connectivity index (χ0n) is 8.62. The van der Waals surface area contributed by atoms with Gasteiger partial charge in [0.2, 0.25) is 0 Å². The van der Waals surface area contributed by atoms with Crippen molar-refractivity contribution in [3.05, 3.63) is 36.5 Å². The van der Waals surface area contributed by atoms with Gasteiger partial charge in [0, 0.05) is 14.1 Å². The maximum absolute atomic E-state index is 3.81. The van der Waals surface area contributed by atoms with Crippen LogP contribution in [0.15, 0.2) is 46.7 Å². The standard InChI is InChI=1S/C10H16N4/c1-9(7-13-11-3)5-6-10(2)8-14-12-4/h5-8,11-12H,1-2H2,3-4H3/b6-5-,13-7+,14-8+. The van der Waals surface area contributed by atoms with E-state index >= 15 is 0 Å². The number of nitrogens with one attached hydrogen (secondary N) is 2. The van der Waals surface area contributed by atoms with Gasteiger partial charge in [-0.3, -0.25) is 0 Å². The van der Waals surface area contributed by atoms with Crippen LogP contribution in [0.1, 0.15) is 0 Å². The highest BCUT2D eigenvalue weighted by Crippen LogP contribution is 1.93. The molecule has 0 aliphatic carbocycles. The molecule has 4 heteroatoms. The molecule has 0 aliphatic rings. The normalized spacial score (nSPS) is 11.3. The Kier molecular flexibility index (Phi) is 6.77. The first-order chi connectivity index (χ1) is 6.70. The van der Waals surface area contributed by atoms with Gasteiger partial charge in [-0.2, -0.15) is 10.2 Å². The van der Waals surface area contributed by atoms with Crippen LogP contribution in [0, 0.1) is 0 Å². The highest BCUT2D eigenvalue weighted by molar-refractivity contribution is 5.84. The number of hydrogen-bond acceptors (Lipinski definition) is 4. The predicted molar refractivity (Wildman–Crippen MR) is 62.5 cm³/mol. The van der Waals surface area contributed by atoms with Gasteiger partial charge in [-0.15, -0.1) is 0 Å². The quantitative estimate of drug-likeness (QED) is 0.375. The lowest BCUT2D eigenvalue weighted by atomic mass is 10.2. The van der Waals surface area contributed by atoms with Crippen LogP contribution in [-0.4, -0.2) is 26.5 Å². The highest BCUT2D eigenvalue weighted by atomic mass is 15.3. The van der Waals surface area contributed by atoms with Gasteiger partial charge in [0.25, 0.3) is 0 Å². The molecule has 0 aromatic rings. The van der Waals surface area contributed by atoms with E-state index in [1.165, 1.54) is 0 Å². The van der Waals surface area contributed by atoms with E-state index in [-0.39, 0.29) is 0 Å². The maximum atomic E-state index is 3.81. The molecule has 0 heterocycles. The smallest absolute Gasteiger partial charge is 0.0534 e. The van der Waals surface area contributed by atoms with E-state index in [9.17, 15) is 0 Å². The molecule has 14 heavy (non-hydrogen) atoms. The van der Waals surface area contributed by atoms with E-state index in [0.29, 0.717) is 0 Å². The van der Waals surface area contributed by atoms with Gasteiger partial charge in [-0.1, -0.05) is 25.3 Å². The third-order valence-corrected chi connectivity index (χ3v) is 1.23. The monoisotopic (exact) mass is 192 g/mol. The van der Waals surface area contributed by atoms with E-state index in [0.717, 1.165) is 11.1 Å². The molecule has 0 aliphatic heterocycles. The van der Waals surface area contributed by atoms with Gasteiger partial charge >= 0.3 is 0 Å². The average molecular weight is 192 g/mol. The summed E-state index contributed by atoms with van der Waals surface area (Å²) in [6.07, 6.45) is 6.87. The van der Waals surface area contributed by atoms with E-state index in [1.807, 2.05) is 12.2 Å². The molecule has 0 fully saturated rings. The van der Waals surface area contributed by atoms with Gasteiger partial charge in [0.15, 0.2) is 0 Å². The van der Waals surface area contributed by atoms with Crippen molar-refractivity contribution in [2.24, 2.45) is 10.2 Å². The number of allylic oxidation sites excluding steroid dienone is 4. The first kappa shape index (κ1) is 12.2. The minimum Gasteiger partial charge on any atom is -0.313 e. The summed E-state index contributed by atoms with van der Waals surface area (Å²) in [5.74, 6) is 0. The molecule has 0 bridgehead atoms. The minimum atomic E-state index is 0.790. The largest absolute Gasteiger partial charge is 0.313 e. The van der Waals surface area contributed by atoms with Crippen LogP contribution < -0.4 is 10.9 Å². The van der Waals surface area contributed by atoms with E-state index in [4.69, 9.17) is 0 Å². The van der Waals surface area contributed by atoms with Crippen LogP contribution in [0.5, 0.6) is 0 Å². The SMILES string of the molecule is C=C(/C=C\C(=C)/C=N/NC)/C=N/NC. The highest BCUT2D eigenvalue weighted by Gasteiger charge is 1.83. The Balaban J connectivity index is 4.04. The summed E-state index contributed by atoms with van der Waals surface area (Å²) in [5, 5.41) is 7.62. The molecule has 0 amide bonds. The summed E-state index contributed by atoms with van der Waals surface area (Å²) in [6.45, 7) is 7.53. The van der Waals surface area contributed by atoms with Crippen molar-refractivity contribution < 1.29 is 0 Å². The Bertz CT molecular complexity index is 246. The third kappa shape index (κ3) is 6.84. The molecular formula is C10H16N4. The first-order valence-electron chi connectivity index (χ1n) is 4.16. The predicted octanol–water partition coefficient (Wildman–Crippen LogP) is 1.07. The molecule has 4 nitrogen and oxygen atoms in total. The minimum absolute atomic E-state index is 0.790. The summed E-state index contributed by atoms with van der Waals surface area (Å²) in [5.41, 5.74) is 6.85. The van der Waals surface area contributed by atoms with Crippen LogP contribution in [0.2, 0.25) is 0 Å². The molecule has 0 unspecified atom stereocenters. The van der Waals surface area contributed by atoms with Crippen molar-refractivity contribution in [3.8, 4) is 0 Å². The Hall–Kier alpha value is -1.84. The summed E-state index contributed by atoms with van der Waals surface area (Å²) in [7, 11) is 3.46. The first-order valence-corrected chi connectivity index (χ1v) is 4.16. The average Bonchev–Trinajstić information content (AvgIpc) is 2.20. The fourth-order valence-corrected chi connectivity index (χ4v) is 0.595. The van der Waals surface area contributed by atoms with Gasteiger partial charge in [0.05, 0.1) is 12.4 Å². The van der Waals surface area contributed by atoms with Crippen LogP contribution in [0.3, 0.4) is 0 Å². The lowest BCUT2D eigenvalue weighted by molar-refractivity contribution is 0.908. The Labute approximate surface area is 84.8 Å². The summed E-state index contributed by atoms with van der Waals surface area (Å²) >= 11 is 0. The van der Waals surface area contributed by atoms with Gasteiger partial charge in [-0.25, -0.2) is 0 Å². The van der Waals surface area contributed by atoms with Crippen molar-refractivity contribution in [3.63, 3.8) is 0 Å². The summed E-state index contributed by atoms with van der Waals surface area (Å²) < 4.78 is 0. The van der Waals surface area contributed by atoms with E-state index < -0.39 is 0 Å². The molecule has 0 aromatic heterocycles. The van der Waals surface area contributed by atoms with E-state index in [1.54, 1.807) is 26.5 Å². The molecular weight excluding hydrogens is 176 g/mol. The Morgan fingerprint density at radius 1 is 0.929 bits per heavy atom. The lowest BCUT2D eigenvalue weighted by Gasteiger charge is -1.91. The summed E-state index contributed by atoms with van der Waals surface area (Å²) in [6, 6.07) is 0. The molecule has 0 radical (unpaired) electrons. The van der Waals surface area contributed by atoms with E-state index in [2.05, 4.69) is 34.2 Å². The molecule has 0 saturated heterocycles. The molecule has 0 rings (SSSR count). The van der Waals surface area contributed by atoms with Crippen molar-refractivity contribution in [2.75, 3.05) is 14.1 Å². The summed E-state index contributed by atoms with van der Waals surface area (Å²) in [4.78, 5) is 0. The van der Waals surface area contributed by atoms with Gasteiger partial charge < -0.3 is 10.9 Å². The third-order valence-electron chi connectivity index (χ3n) is 1.23. The van der Waals surface area contributed by atoms with Crippen LogP contribution in [0.25, 0.3) is 0 Å². The molecule has 76 valence electrons. The second kappa shape index (κ2) is 7.79. The number of nitrogens with zero attached hydrogens (tertiary/aromatic N) is 2. The lowest BCUT2D eigenvalue weighted by Crippen LogP contribution is -1.95. The number of rotatable bonds is 6.